The van der Waals surface area contributed by atoms with Crippen molar-refractivity contribution in [3.05, 3.63) is 29.7 Å². The molecule has 0 aliphatic carbocycles. The van der Waals surface area contributed by atoms with Gasteiger partial charge in [-0.1, -0.05) is 39.5 Å². The third-order valence-corrected chi connectivity index (χ3v) is 3.63. The van der Waals surface area contributed by atoms with Crippen molar-refractivity contribution >= 4 is 11.5 Å². The molecule has 0 bridgehead atoms. The lowest BCUT2D eigenvalue weighted by atomic mass is 9.89. The van der Waals surface area contributed by atoms with Crippen molar-refractivity contribution in [2.24, 2.45) is 5.92 Å². The zero-order valence-electron chi connectivity index (χ0n) is 12.1. The fourth-order valence-corrected chi connectivity index (χ4v) is 2.25. The summed E-state index contributed by atoms with van der Waals surface area (Å²) < 4.78 is 5.40. The molecule has 19 heavy (non-hydrogen) atoms. The van der Waals surface area contributed by atoms with E-state index < -0.39 is 5.97 Å². The van der Waals surface area contributed by atoms with E-state index in [0.717, 1.165) is 24.8 Å². The Kier molecular flexibility index (Phi) is 6.40. The van der Waals surface area contributed by atoms with Crippen LogP contribution < -0.4 is 0 Å². The number of hydrogen-bond donors (Lipinski definition) is 1. The first-order chi connectivity index (χ1) is 9.10. The Labute approximate surface area is 115 Å². The van der Waals surface area contributed by atoms with E-state index in [1.807, 2.05) is 6.07 Å². The summed E-state index contributed by atoms with van der Waals surface area (Å²) in [5, 5.41) is 9.21. The largest absolute Gasteiger partial charge is 0.478 e. The summed E-state index contributed by atoms with van der Waals surface area (Å²) >= 11 is 0. The third-order valence-electron chi connectivity index (χ3n) is 3.63. The molecule has 0 saturated carbocycles. The first-order valence-corrected chi connectivity index (χ1v) is 7.07. The highest BCUT2D eigenvalue weighted by molar-refractivity contribution is 5.95. The molecule has 0 saturated heterocycles. The van der Waals surface area contributed by atoms with Crippen LogP contribution in [0.1, 0.15) is 58.6 Å². The maximum atomic E-state index is 11.2. The molecule has 0 aliphatic heterocycles. The molecule has 0 amide bonds. The van der Waals surface area contributed by atoms with Crippen LogP contribution in [0.5, 0.6) is 0 Å². The number of allylic oxidation sites excluding steroid dienone is 1. The number of unbranched alkanes of at least 4 members (excludes halogenated alkanes) is 1. The van der Waals surface area contributed by atoms with Gasteiger partial charge in [-0.3, -0.25) is 0 Å². The fourth-order valence-electron chi connectivity index (χ4n) is 2.25. The maximum absolute atomic E-state index is 11.2. The number of carboxylic acids is 1. The standard InChI is InChI=1S/C16H24O3/c1-4-6-8-13(5-2)11-14(12(3)16(17)18)15-9-7-10-19-15/h7,9-10,13H,4-6,8,11H2,1-3H3,(H,17,18)/b14-12-. The Balaban J connectivity index is 2.93. The molecule has 1 atom stereocenters. The number of carboxylic acid groups (broad SMARTS) is 1. The van der Waals surface area contributed by atoms with E-state index in [4.69, 9.17) is 4.42 Å². The van der Waals surface area contributed by atoms with Crippen LogP contribution in [0.25, 0.3) is 5.57 Å². The van der Waals surface area contributed by atoms with Crippen LogP contribution in [0.4, 0.5) is 0 Å². The van der Waals surface area contributed by atoms with Crippen molar-refractivity contribution in [3.63, 3.8) is 0 Å². The van der Waals surface area contributed by atoms with Crippen LogP contribution in [0.2, 0.25) is 0 Å². The zero-order chi connectivity index (χ0) is 14.3. The molecular formula is C16H24O3. The van der Waals surface area contributed by atoms with Crippen molar-refractivity contribution in [2.45, 2.75) is 52.9 Å². The van der Waals surface area contributed by atoms with Gasteiger partial charge in [-0.25, -0.2) is 4.79 Å². The van der Waals surface area contributed by atoms with Crippen molar-refractivity contribution in [1.82, 2.24) is 0 Å². The topological polar surface area (TPSA) is 50.4 Å². The Hall–Kier alpha value is -1.51. The summed E-state index contributed by atoms with van der Waals surface area (Å²) in [5.41, 5.74) is 1.23. The smallest absolute Gasteiger partial charge is 0.331 e. The molecule has 1 heterocycles. The molecule has 3 nitrogen and oxygen atoms in total. The first kappa shape index (κ1) is 15.5. The van der Waals surface area contributed by atoms with Gasteiger partial charge >= 0.3 is 5.97 Å². The van der Waals surface area contributed by atoms with E-state index in [-0.39, 0.29) is 0 Å². The molecule has 0 fully saturated rings. The van der Waals surface area contributed by atoms with E-state index in [1.165, 1.54) is 12.8 Å². The van der Waals surface area contributed by atoms with Gasteiger partial charge in [-0.2, -0.15) is 0 Å². The van der Waals surface area contributed by atoms with E-state index >= 15 is 0 Å². The molecule has 1 aromatic rings. The number of carbonyl (C=O) groups is 1. The Morgan fingerprint density at radius 1 is 1.42 bits per heavy atom. The van der Waals surface area contributed by atoms with Gasteiger partial charge in [-0.15, -0.1) is 0 Å². The molecule has 0 spiro atoms. The maximum Gasteiger partial charge on any atom is 0.331 e. The SMILES string of the molecule is CCCCC(CC)C/C(=C(\C)C(=O)O)c1ccco1. The van der Waals surface area contributed by atoms with Gasteiger partial charge in [0.05, 0.1) is 6.26 Å². The summed E-state index contributed by atoms with van der Waals surface area (Å²) in [7, 11) is 0. The molecular weight excluding hydrogens is 240 g/mol. The summed E-state index contributed by atoms with van der Waals surface area (Å²) in [6.45, 7) is 6.00. The number of hydrogen-bond acceptors (Lipinski definition) is 2. The van der Waals surface area contributed by atoms with Crippen molar-refractivity contribution in [1.29, 1.82) is 0 Å². The van der Waals surface area contributed by atoms with Crippen LogP contribution in [0.15, 0.2) is 28.4 Å². The number of furan rings is 1. The molecule has 3 heteroatoms. The second-order valence-corrected chi connectivity index (χ2v) is 5.01. The zero-order valence-corrected chi connectivity index (χ0v) is 12.1. The van der Waals surface area contributed by atoms with Gasteiger partial charge in [0.15, 0.2) is 0 Å². The normalized spacial score (nSPS) is 14.1. The summed E-state index contributed by atoms with van der Waals surface area (Å²) in [6, 6.07) is 3.64. The second kappa shape index (κ2) is 7.82. The fraction of sp³-hybridized carbons (Fsp3) is 0.562. The third kappa shape index (κ3) is 4.58. The Bertz CT molecular complexity index is 415. The highest BCUT2D eigenvalue weighted by atomic mass is 16.4. The van der Waals surface area contributed by atoms with Crippen LogP contribution in [-0.4, -0.2) is 11.1 Å². The predicted molar refractivity (Wildman–Crippen MR) is 76.9 cm³/mol. The molecule has 1 N–H and O–H groups in total. The Morgan fingerprint density at radius 2 is 2.16 bits per heavy atom. The minimum atomic E-state index is -0.864. The van der Waals surface area contributed by atoms with Crippen LogP contribution >= 0.6 is 0 Å². The summed E-state index contributed by atoms with van der Waals surface area (Å²) in [4.78, 5) is 11.2. The van der Waals surface area contributed by atoms with Gasteiger partial charge in [0.2, 0.25) is 0 Å². The molecule has 106 valence electrons. The highest BCUT2D eigenvalue weighted by Gasteiger charge is 2.18. The summed E-state index contributed by atoms with van der Waals surface area (Å²) in [5.74, 6) is 0.348. The quantitative estimate of drug-likeness (QED) is 0.690. The second-order valence-electron chi connectivity index (χ2n) is 5.01. The van der Waals surface area contributed by atoms with E-state index in [1.54, 1.807) is 19.3 Å². The van der Waals surface area contributed by atoms with Crippen molar-refractivity contribution < 1.29 is 14.3 Å². The molecule has 0 radical (unpaired) electrons. The van der Waals surface area contributed by atoms with E-state index in [0.29, 0.717) is 17.3 Å². The van der Waals surface area contributed by atoms with Gasteiger partial charge in [0, 0.05) is 11.1 Å². The van der Waals surface area contributed by atoms with Crippen LogP contribution in [0.3, 0.4) is 0 Å². The lowest BCUT2D eigenvalue weighted by Crippen LogP contribution is -2.06. The van der Waals surface area contributed by atoms with E-state index in [9.17, 15) is 9.90 Å². The number of rotatable bonds is 8. The molecule has 0 aromatic carbocycles. The van der Waals surface area contributed by atoms with Gasteiger partial charge < -0.3 is 9.52 Å². The lowest BCUT2D eigenvalue weighted by molar-refractivity contribution is -0.132. The lowest BCUT2D eigenvalue weighted by Gasteiger charge is -2.17. The minimum absolute atomic E-state index is 0.393. The van der Waals surface area contributed by atoms with Gasteiger partial charge in [0.1, 0.15) is 5.76 Å². The number of aliphatic carboxylic acids is 1. The highest BCUT2D eigenvalue weighted by Crippen LogP contribution is 2.30. The van der Waals surface area contributed by atoms with Gasteiger partial charge in [-0.05, 0) is 31.4 Å². The monoisotopic (exact) mass is 264 g/mol. The molecule has 1 aromatic heterocycles. The molecule has 1 rings (SSSR count). The van der Waals surface area contributed by atoms with Crippen molar-refractivity contribution in [2.75, 3.05) is 0 Å². The molecule has 1 unspecified atom stereocenters. The average molecular weight is 264 g/mol. The van der Waals surface area contributed by atoms with Crippen molar-refractivity contribution in [3.8, 4) is 0 Å². The van der Waals surface area contributed by atoms with E-state index in [2.05, 4.69) is 13.8 Å². The predicted octanol–water partition coefficient (Wildman–Crippen LogP) is 4.74. The summed E-state index contributed by atoms with van der Waals surface area (Å²) in [6.07, 6.45) is 6.95. The first-order valence-electron chi connectivity index (χ1n) is 7.07. The van der Waals surface area contributed by atoms with Crippen LogP contribution in [0, 0.1) is 5.92 Å². The Morgan fingerprint density at radius 3 is 2.63 bits per heavy atom. The average Bonchev–Trinajstić information content (AvgIpc) is 2.92. The van der Waals surface area contributed by atoms with Crippen LogP contribution in [-0.2, 0) is 4.79 Å². The molecule has 0 aliphatic rings. The van der Waals surface area contributed by atoms with Gasteiger partial charge in [0.25, 0.3) is 0 Å². The minimum Gasteiger partial charge on any atom is -0.478 e.